The summed E-state index contributed by atoms with van der Waals surface area (Å²) < 4.78 is 0. The van der Waals surface area contributed by atoms with Crippen LogP contribution in [-0.4, -0.2) is 36.0 Å². The summed E-state index contributed by atoms with van der Waals surface area (Å²) in [6, 6.07) is 0.735. The van der Waals surface area contributed by atoms with E-state index in [2.05, 4.69) is 12.2 Å². The van der Waals surface area contributed by atoms with Crippen LogP contribution in [0.1, 0.15) is 39.0 Å². The van der Waals surface area contributed by atoms with Crippen molar-refractivity contribution in [1.29, 1.82) is 0 Å². The Bertz CT molecular complexity index is 211. The molecule has 1 N–H and O–H groups in total. The molecule has 1 aliphatic carbocycles. The van der Waals surface area contributed by atoms with Gasteiger partial charge in [0.25, 0.3) is 0 Å². The van der Waals surface area contributed by atoms with Gasteiger partial charge in [-0.15, -0.1) is 0 Å². The van der Waals surface area contributed by atoms with Gasteiger partial charge in [-0.3, -0.25) is 4.79 Å². The number of rotatable bonds is 3. The van der Waals surface area contributed by atoms with Crippen molar-refractivity contribution in [3.63, 3.8) is 0 Å². The van der Waals surface area contributed by atoms with Crippen LogP contribution in [0, 0.1) is 0 Å². The Balaban J connectivity index is 1.84. The van der Waals surface area contributed by atoms with E-state index in [9.17, 15) is 4.79 Å². The summed E-state index contributed by atoms with van der Waals surface area (Å²) in [6.07, 6.45) is 6.18. The van der Waals surface area contributed by atoms with Crippen LogP contribution in [0.3, 0.4) is 0 Å². The third kappa shape index (κ3) is 1.92. The summed E-state index contributed by atoms with van der Waals surface area (Å²) >= 11 is 0. The first-order valence-electron chi connectivity index (χ1n) is 5.86. The normalized spacial score (nSPS) is 29.1. The molecular formula is C11H20N2O. The second kappa shape index (κ2) is 4.30. The van der Waals surface area contributed by atoms with Crippen molar-refractivity contribution in [2.45, 2.75) is 51.1 Å². The molecule has 0 aromatic heterocycles. The van der Waals surface area contributed by atoms with E-state index in [4.69, 9.17) is 0 Å². The Hall–Kier alpha value is -0.570. The van der Waals surface area contributed by atoms with Crippen molar-refractivity contribution >= 4 is 5.91 Å². The number of amides is 1. The Morgan fingerprint density at radius 1 is 1.36 bits per heavy atom. The van der Waals surface area contributed by atoms with Crippen molar-refractivity contribution in [2.75, 3.05) is 13.1 Å². The molecule has 2 fully saturated rings. The summed E-state index contributed by atoms with van der Waals surface area (Å²) in [6.45, 7) is 3.86. The first kappa shape index (κ1) is 9.97. The number of hydrogen-bond acceptors (Lipinski definition) is 2. The molecule has 0 aromatic rings. The molecule has 0 radical (unpaired) electrons. The van der Waals surface area contributed by atoms with E-state index in [0.29, 0.717) is 11.9 Å². The summed E-state index contributed by atoms with van der Waals surface area (Å²) in [5.41, 5.74) is 0. The maximum atomic E-state index is 11.8. The van der Waals surface area contributed by atoms with Gasteiger partial charge in [0.1, 0.15) is 0 Å². The van der Waals surface area contributed by atoms with E-state index < -0.39 is 0 Å². The van der Waals surface area contributed by atoms with Crippen molar-refractivity contribution in [3.05, 3.63) is 0 Å². The molecule has 1 unspecified atom stereocenters. The predicted octanol–water partition coefficient (Wildman–Crippen LogP) is 1.14. The molecule has 1 amide bonds. The lowest BCUT2D eigenvalue weighted by atomic mass is 10.2. The second-order valence-electron chi connectivity index (χ2n) is 4.41. The molecule has 14 heavy (non-hydrogen) atoms. The Kier molecular flexibility index (Phi) is 3.06. The SMILES string of the molecule is CCN1CCC(NC2CCCC2)C1=O. The zero-order valence-corrected chi connectivity index (χ0v) is 8.96. The van der Waals surface area contributed by atoms with Gasteiger partial charge in [-0.25, -0.2) is 0 Å². The molecule has 1 aliphatic heterocycles. The quantitative estimate of drug-likeness (QED) is 0.734. The largest absolute Gasteiger partial charge is 0.342 e. The maximum absolute atomic E-state index is 11.8. The summed E-state index contributed by atoms with van der Waals surface area (Å²) in [4.78, 5) is 13.7. The van der Waals surface area contributed by atoms with Crippen molar-refractivity contribution < 1.29 is 4.79 Å². The van der Waals surface area contributed by atoms with Crippen LogP contribution >= 0.6 is 0 Å². The maximum Gasteiger partial charge on any atom is 0.239 e. The number of nitrogens with zero attached hydrogens (tertiary/aromatic N) is 1. The minimum atomic E-state index is 0.123. The number of likely N-dealkylation sites (tertiary alicyclic amines) is 1. The van der Waals surface area contributed by atoms with Crippen molar-refractivity contribution in [3.8, 4) is 0 Å². The van der Waals surface area contributed by atoms with Gasteiger partial charge < -0.3 is 10.2 Å². The van der Waals surface area contributed by atoms with Crippen LogP contribution in [0.15, 0.2) is 0 Å². The molecule has 1 saturated carbocycles. The molecule has 0 aromatic carbocycles. The minimum absolute atomic E-state index is 0.123. The molecule has 2 aliphatic rings. The summed E-state index contributed by atoms with van der Waals surface area (Å²) in [7, 11) is 0. The summed E-state index contributed by atoms with van der Waals surface area (Å²) in [5, 5.41) is 3.50. The van der Waals surface area contributed by atoms with E-state index in [1.54, 1.807) is 0 Å². The zero-order valence-electron chi connectivity index (χ0n) is 8.96. The van der Waals surface area contributed by atoms with Crippen LogP contribution in [0.5, 0.6) is 0 Å². The van der Waals surface area contributed by atoms with Crippen molar-refractivity contribution in [2.24, 2.45) is 0 Å². The third-order valence-electron chi connectivity index (χ3n) is 3.47. The van der Waals surface area contributed by atoms with Crippen LogP contribution in [-0.2, 0) is 4.79 Å². The van der Waals surface area contributed by atoms with Crippen LogP contribution in [0.4, 0.5) is 0 Å². The number of carbonyl (C=O) groups is 1. The second-order valence-corrected chi connectivity index (χ2v) is 4.41. The molecule has 1 atom stereocenters. The zero-order chi connectivity index (χ0) is 9.97. The number of nitrogens with one attached hydrogen (secondary N) is 1. The van der Waals surface area contributed by atoms with E-state index in [0.717, 1.165) is 19.5 Å². The third-order valence-corrected chi connectivity index (χ3v) is 3.47. The number of likely N-dealkylation sites (N-methyl/N-ethyl adjacent to an activating group) is 1. The summed E-state index contributed by atoms with van der Waals surface area (Å²) in [5.74, 6) is 0.319. The predicted molar refractivity (Wildman–Crippen MR) is 56.1 cm³/mol. The highest BCUT2D eigenvalue weighted by atomic mass is 16.2. The molecule has 3 heteroatoms. The van der Waals surface area contributed by atoms with E-state index in [1.807, 2.05) is 4.90 Å². The molecule has 0 bridgehead atoms. The molecule has 80 valence electrons. The van der Waals surface area contributed by atoms with Crippen LogP contribution < -0.4 is 5.32 Å². The molecule has 1 heterocycles. The number of carbonyl (C=O) groups excluding carboxylic acids is 1. The lowest BCUT2D eigenvalue weighted by Gasteiger charge is -2.18. The van der Waals surface area contributed by atoms with Gasteiger partial charge in [-0.1, -0.05) is 12.8 Å². The van der Waals surface area contributed by atoms with Gasteiger partial charge in [0.2, 0.25) is 5.91 Å². The molecule has 2 rings (SSSR count). The first-order valence-corrected chi connectivity index (χ1v) is 5.86. The fraction of sp³-hybridized carbons (Fsp3) is 0.909. The van der Waals surface area contributed by atoms with Gasteiger partial charge in [-0.2, -0.15) is 0 Å². The molecular weight excluding hydrogens is 176 g/mol. The van der Waals surface area contributed by atoms with E-state index in [1.165, 1.54) is 25.7 Å². The average molecular weight is 196 g/mol. The van der Waals surface area contributed by atoms with Gasteiger partial charge in [0.05, 0.1) is 6.04 Å². The minimum Gasteiger partial charge on any atom is -0.342 e. The fourth-order valence-corrected chi connectivity index (χ4v) is 2.58. The van der Waals surface area contributed by atoms with Gasteiger partial charge in [-0.05, 0) is 26.2 Å². The van der Waals surface area contributed by atoms with Gasteiger partial charge in [0, 0.05) is 19.1 Å². The smallest absolute Gasteiger partial charge is 0.239 e. The van der Waals surface area contributed by atoms with Crippen LogP contribution in [0.2, 0.25) is 0 Å². The molecule has 1 saturated heterocycles. The highest BCUT2D eigenvalue weighted by Crippen LogP contribution is 2.20. The van der Waals surface area contributed by atoms with E-state index >= 15 is 0 Å². The highest BCUT2D eigenvalue weighted by Gasteiger charge is 2.32. The Morgan fingerprint density at radius 3 is 2.64 bits per heavy atom. The Morgan fingerprint density at radius 2 is 2.07 bits per heavy atom. The number of hydrogen-bond donors (Lipinski definition) is 1. The van der Waals surface area contributed by atoms with Gasteiger partial charge >= 0.3 is 0 Å². The molecule has 3 nitrogen and oxygen atoms in total. The van der Waals surface area contributed by atoms with Gasteiger partial charge in [0.15, 0.2) is 0 Å². The molecule has 0 spiro atoms. The van der Waals surface area contributed by atoms with E-state index in [-0.39, 0.29) is 6.04 Å². The Labute approximate surface area is 85.8 Å². The first-order chi connectivity index (χ1) is 6.81. The fourth-order valence-electron chi connectivity index (χ4n) is 2.58. The van der Waals surface area contributed by atoms with Crippen LogP contribution in [0.25, 0.3) is 0 Å². The van der Waals surface area contributed by atoms with Crippen molar-refractivity contribution in [1.82, 2.24) is 10.2 Å². The highest BCUT2D eigenvalue weighted by molar-refractivity contribution is 5.83. The lowest BCUT2D eigenvalue weighted by molar-refractivity contribution is -0.129. The monoisotopic (exact) mass is 196 g/mol. The lowest BCUT2D eigenvalue weighted by Crippen LogP contribution is -2.42. The average Bonchev–Trinajstić information content (AvgIpc) is 2.79. The standard InChI is InChI=1S/C11H20N2O/c1-2-13-8-7-10(11(13)14)12-9-5-3-4-6-9/h9-10,12H,2-8H2,1H3. The topological polar surface area (TPSA) is 32.3 Å².